The Bertz CT molecular complexity index is 1160. The molecule has 1 aromatic carbocycles. The predicted octanol–water partition coefficient (Wildman–Crippen LogP) is 4.64. The number of carbonyl (C=O) groups is 2. The molecule has 1 unspecified atom stereocenters. The Morgan fingerprint density at radius 3 is 2.64 bits per heavy atom. The zero-order valence-electron chi connectivity index (χ0n) is 20.2. The van der Waals surface area contributed by atoms with Gasteiger partial charge in [0.05, 0.1) is 6.10 Å². The summed E-state index contributed by atoms with van der Waals surface area (Å²) in [5.74, 6) is -1.84. The van der Waals surface area contributed by atoms with Crippen LogP contribution in [0.3, 0.4) is 0 Å². The van der Waals surface area contributed by atoms with Gasteiger partial charge in [0, 0.05) is 32.6 Å². The summed E-state index contributed by atoms with van der Waals surface area (Å²) in [5, 5.41) is 6.10. The van der Waals surface area contributed by atoms with E-state index in [4.69, 9.17) is 14.0 Å². The summed E-state index contributed by atoms with van der Waals surface area (Å²) in [5.41, 5.74) is 2.30. The van der Waals surface area contributed by atoms with Crippen LogP contribution >= 0.6 is 0 Å². The van der Waals surface area contributed by atoms with Gasteiger partial charge in [0.25, 0.3) is 5.91 Å². The molecule has 1 aromatic heterocycles. The lowest BCUT2D eigenvalue weighted by Crippen LogP contribution is -2.52. The summed E-state index contributed by atoms with van der Waals surface area (Å²) >= 11 is 0. The Hall–Kier alpha value is -3.46. The van der Waals surface area contributed by atoms with Gasteiger partial charge >= 0.3 is 6.09 Å². The number of hydrogen-bond donors (Lipinski definition) is 1. The van der Waals surface area contributed by atoms with Crippen LogP contribution in [0.25, 0.3) is 5.57 Å². The van der Waals surface area contributed by atoms with E-state index >= 15 is 4.39 Å². The largest absolute Gasteiger partial charge is 0.441 e. The normalized spacial score (nSPS) is 23.2. The smallest absolute Gasteiger partial charge is 0.410 e. The molecule has 1 atom stereocenters. The molecule has 190 valence electrons. The molecule has 36 heavy (non-hydrogen) atoms. The third-order valence-corrected chi connectivity index (χ3v) is 7.34. The van der Waals surface area contributed by atoms with Crippen LogP contribution in [0.4, 0.5) is 9.18 Å². The van der Waals surface area contributed by atoms with E-state index in [1.165, 1.54) is 19.2 Å². The number of aromatic nitrogens is 1. The van der Waals surface area contributed by atoms with Crippen LogP contribution < -0.4 is 5.32 Å². The number of nitrogens with one attached hydrogen (secondary N) is 1. The molecule has 1 spiro atoms. The van der Waals surface area contributed by atoms with Gasteiger partial charge < -0.3 is 24.2 Å². The van der Waals surface area contributed by atoms with E-state index in [2.05, 4.69) is 10.5 Å². The first-order chi connectivity index (χ1) is 17.4. The molecule has 9 heteroatoms. The Kier molecular flexibility index (Phi) is 6.66. The molecule has 5 rings (SSSR count). The van der Waals surface area contributed by atoms with Crippen molar-refractivity contribution in [2.45, 2.75) is 50.7 Å². The van der Waals surface area contributed by atoms with Gasteiger partial charge in [0.1, 0.15) is 0 Å². The monoisotopic (exact) mass is 495 g/mol. The minimum atomic E-state index is -1.77. The standard InChI is InChI=1S/C27H30FN3O5/c1-29-24(32)23-15-21(36-30-23)18-34-25(33)31-13-11-26(12-14-31)16-22(17-26)35-27(28)9-7-20(8-10-27)19-5-3-2-4-6-19/h2-9,15,22H,10-14,16-18H2,1H3,(H,29,32). The minimum absolute atomic E-state index is 0.0904. The van der Waals surface area contributed by atoms with Gasteiger partial charge in [-0.1, -0.05) is 47.6 Å². The number of piperidine rings is 1. The first-order valence-corrected chi connectivity index (χ1v) is 12.3. The van der Waals surface area contributed by atoms with E-state index in [0.717, 1.165) is 36.8 Å². The van der Waals surface area contributed by atoms with E-state index in [1.807, 2.05) is 36.4 Å². The van der Waals surface area contributed by atoms with Crippen LogP contribution in [-0.4, -0.2) is 54.2 Å². The fraction of sp³-hybridized carbons (Fsp3) is 0.444. The maximum absolute atomic E-state index is 15.3. The van der Waals surface area contributed by atoms with Gasteiger partial charge in [0.2, 0.25) is 5.85 Å². The minimum Gasteiger partial charge on any atom is -0.441 e. The molecule has 2 aromatic rings. The molecule has 8 nitrogen and oxygen atoms in total. The first kappa shape index (κ1) is 24.2. The number of allylic oxidation sites excluding steroid dienone is 2. The van der Waals surface area contributed by atoms with Crippen molar-refractivity contribution in [2.75, 3.05) is 20.1 Å². The van der Waals surface area contributed by atoms with Gasteiger partial charge in [-0.15, -0.1) is 0 Å². The molecule has 1 N–H and O–H groups in total. The number of hydrogen-bond acceptors (Lipinski definition) is 6. The highest BCUT2D eigenvalue weighted by molar-refractivity contribution is 5.91. The van der Waals surface area contributed by atoms with E-state index < -0.39 is 11.9 Å². The molecular formula is C27H30FN3O5. The molecule has 0 radical (unpaired) electrons. The zero-order chi connectivity index (χ0) is 25.2. The third kappa shape index (κ3) is 5.21. The maximum Gasteiger partial charge on any atom is 0.410 e. The molecule has 3 aliphatic rings. The summed E-state index contributed by atoms with van der Waals surface area (Å²) in [6.45, 7) is 1.07. The number of alkyl halides is 1. The number of likely N-dealkylation sites (tertiary alicyclic amines) is 1. The second-order valence-electron chi connectivity index (χ2n) is 9.80. The SMILES string of the molecule is CNC(=O)c1cc(COC(=O)N2CCC3(CC2)CC(OC2(F)C=CC(c4ccccc4)=CC2)C3)on1. The van der Waals surface area contributed by atoms with Crippen LogP contribution in [-0.2, 0) is 16.1 Å². The lowest BCUT2D eigenvalue weighted by Gasteiger charge is -2.52. The Morgan fingerprint density at radius 2 is 1.97 bits per heavy atom. The number of ether oxygens (including phenoxy) is 2. The van der Waals surface area contributed by atoms with E-state index in [1.54, 1.807) is 11.0 Å². The van der Waals surface area contributed by atoms with Crippen molar-refractivity contribution in [1.29, 1.82) is 0 Å². The van der Waals surface area contributed by atoms with Crippen molar-refractivity contribution in [3.05, 3.63) is 71.6 Å². The number of rotatable bonds is 6. The summed E-state index contributed by atoms with van der Waals surface area (Å²) in [6.07, 6.45) is 8.14. The maximum atomic E-state index is 15.3. The molecule has 2 aliphatic carbocycles. The number of benzene rings is 1. The number of halogens is 1. The summed E-state index contributed by atoms with van der Waals surface area (Å²) in [7, 11) is 1.50. The molecule has 2 fully saturated rings. The summed E-state index contributed by atoms with van der Waals surface area (Å²) in [6, 6.07) is 11.4. The molecule has 1 saturated heterocycles. The number of amides is 2. The van der Waals surface area contributed by atoms with Crippen LogP contribution in [0.15, 0.2) is 59.1 Å². The first-order valence-electron chi connectivity index (χ1n) is 12.3. The van der Waals surface area contributed by atoms with Crippen LogP contribution in [0.1, 0.15) is 53.9 Å². The average Bonchev–Trinajstić information content (AvgIpc) is 3.36. The Labute approximate surface area is 209 Å². The molecule has 1 aliphatic heterocycles. The second-order valence-corrected chi connectivity index (χ2v) is 9.80. The predicted molar refractivity (Wildman–Crippen MR) is 129 cm³/mol. The van der Waals surface area contributed by atoms with Gasteiger partial charge in [-0.3, -0.25) is 4.79 Å². The van der Waals surface area contributed by atoms with E-state index in [0.29, 0.717) is 18.8 Å². The second kappa shape index (κ2) is 9.89. The highest BCUT2D eigenvalue weighted by Crippen LogP contribution is 2.52. The highest BCUT2D eigenvalue weighted by atomic mass is 19.2. The van der Waals surface area contributed by atoms with Crippen molar-refractivity contribution in [3.63, 3.8) is 0 Å². The summed E-state index contributed by atoms with van der Waals surface area (Å²) < 4.78 is 31.5. The molecule has 2 amide bonds. The topological polar surface area (TPSA) is 93.9 Å². The lowest BCUT2D eigenvalue weighted by atomic mass is 9.61. The Balaban J connectivity index is 1.04. The number of nitrogens with zero attached hydrogens (tertiary/aromatic N) is 2. The molecule has 1 saturated carbocycles. The van der Waals surface area contributed by atoms with Crippen molar-refractivity contribution >= 4 is 17.6 Å². The third-order valence-electron chi connectivity index (χ3n) is 7.34. The molecule has 0 bridgehead atoms. The molecular weight excluding hydrogens is 465 g/mol. The van der Waals surface area contributed by atoms with Crippen LogP contribution in [0, 0.1) is 5.41 Å². The number of carbonyl (C=O) groups excluding carboxylic acids is 2. The fourth-order valence-corrected chi connectivity index (χ4v) is 5.21. The summed E-state index contributed by atoms with van der Waals surface area (Å²) in [4.78, 5) is 25.7. The Morgan fingerprint density at radius 1 is 1.22 bits per heavy atom. The van der Waals surface area contributed by atoms with Crippen molar-refractivity contribution in [2.24, 2.45) is 5.41 Å². The highest BCUT2D eigenvalue weighted by Gasteiger charge is 2.49. The van der Waals surface area contributed by atoms with E-state index in [-0.39, 0.29) is 36.1 Å². The van der Waals surface area contributed by atoms with Gasteiger partial charge in [0.15, 0.2) is 18.1 Å². The van der Waals surface area contributed by atoms with Gasteiger partial charge in [-0.2, -0.15) is 0 Å². The quantitative estimate of drug-likeness (QED) is 0.628. The lowest BCUT2D eigenvalue weighted by molar-refractivity contribution is -0.202. The van der Waals surface area contributed by atoms with Crippen molar-refractivity contribution in [1.82, 2.24) is 15.4 Å². The van der Waals surface area contributed by atoms with Crippen molar-refractivity contribution in [3.8, 4) is 0 Å². The fourth-order valence-electron chi connectivity index (χ4n) is 5.21. The van der Waals surface area contributed by atoms with Crippen LogP contribution in [0.5, 0.6) is 0 Å². The van der Waals surface area contributed by atoms with Crippen molar-refractivity contribution < 1.29 is 28.0 Å². The van der Waals surface area contributed by atoms with Gasteiger partial charge in [-0.05, 0) is 48.3 Å². The van der Waals surface area contributed by atoms with E-state index in [9.17, 15) is 9.59 Å². The van der Waals surface area contributed by atoms with Gasteiger partial charge in [-0.25, -0.2) is 9.18 Å². The molecule has 2 heterocycles. The van der Waals surface area contributed by atoms with Crippen LogP contribution in [0.2, 0.25) is 0 Å². The average molecular weight is 496 g/mol. The zero-order valence-corrected chi connectivity index (χ0v) is 20.2.